The van der Waals surface area contributed by atoms with Gasteiger partial charge in [0.15, 0.2) is 11.6 Å². The van der Waals surface area contributed by atoms with E-state index in [9.17, 15) is 13.6 Å². The predicted octanol–water partition coefficient (Wildman–Crippen LogP) is 4.80. The zero-order valence-electron chi connectivity index (χ0n) is 17.9. The number of urea groups is 1. The average Bonchev–Trinajstić information content (AvgIpc) is 3.15. The van der Waals surface area contributed by atoms with Crippen molar-refractivity contribution >= 4 is 11.7 Å². The molecule has 0 aromatic heterocycles. The van der Waals surface area contributed by atoms with Crippen molar-refractivity contribution in [2.45, 2.75) is 46.5 Å². The third kappa shape index (κ3) is 5.83. The quantitative estimate of drug-likeness (QED) is 0.712. The maximum absolute atomic E-state index is 13.5. The van der Waals surface area contributed by atoms with Crippen LogP contribution in [0.15, 0.2) is 18.2 Å². The molecule has 29 heavy (non-hydrogen) atoms. The van der Waals surface area contributed by atoms with Gasteiger partial charge in [-0.25, -0.2) is 13.6 Å². The van der Waals surface area contributed by atoms with Gasteiger partial charge in [0.05, 0.1) is 0 Å². The molecule has 1 aromatic rings. The first-order chi connectivity index (χ1) is 13.8. The molecule has 4 unspecified atom stereocenters. The number of carbonyl (C=O) groups is 1. The van der Waals surface area contributed by atoms with Gasteiger partial charge in [0, 0.05) is 37.9 Å². The number of amides is 2. The standard InChI is InChI=1S/C23H35F2N3O/c1-15(2)20-6-4-16(3)10-18(20)13-27-23(29)26-12-17-8-9-28(14-17)19-5-7-21(24)22(25)11-19/h5,7,11,15-18,20H,4,6,8-10,12-14H2,1-3H3,(H2,26,27,29). The summed E-state index contributed by atoms with van der Waals surface area (Å²) in [7, 11) is 0. The molecule has 3 rings (SSSR count). The molecule has 0 bridgehead atoms. The molecule has 1 saturated heterocycles. The number of nitrogens with one attached hydrogen (secondary N) is 2. The van der Waals surface area contributed by atoms with Crippen LogP contribution in [0.3, 0.4) is 0 Å². The van der Waals surface area contributed by atoms with Gasteiger partial charge in [-0.1, -0.05) is 27.2 Å². The van der Waals surface area contributed by atoms with Crippen LogP contribution in [0.25, 0.3) is 0 Å². The smallest absolute Gasteiger partial charge is 0.314 e. The highest BCUT2D eigenvalue weighted by atomic mass is 19.2. The molecule has 1 saturated carbocycles. The van der Waals surface area contributed by atoms with Crippen LogP contribution >= 0.6 is 0 Å². The van der Waals surface area contributed by atoms with Crippen LogP contribution in [0.1, 0.15) is 46.5 Å². The van der Waals surface area contributed by atoms with Crippen LogP contribution in [0, 0.1) is 41.2 Å². The van der Waals surface area contributed by atoms with Crippen molar-refractivity contribution in [3.8, 4) is 0 Å². The Hall–Kier alpha value is -1.85. The van der Waals surface area contributed by atoms with Gasteiger partial charge < -0.3 is 15.5 Å². The summed E-state index contributed by atoms with van der Waals surface area (Å²) in [6, 6.07) is 3.92. The Morgan fingerprint density at radius 2 is 1.90 bits per heavy atom. The first-order valence-corrected chi connectivity index (χ1v) is 11.0. The topological polar surface area (TPSA) is 44.4 Å². The molecule has 1 aliphatic carbocycles. The summed E-state index contributed by atoms with van der Waals surface area (Å²) < 4.78 is 26.6. The molecule has 4 nitrogen and oxygen atoms in total. The van der Waals surface area contributed by atoms with Crippen LogP contribution < -0.4 is 15.5 Å². The second kappa shape index (κ2) is 9.77. The van der Waals surface area contributed by atoms with Crippen LogP contribution in [-0.4, -0.2) is 32.2 Å². The van der Waals surface area contributed by atoms with E-state index in [-0.39, 0.29) is 6.03 Å². The van der Waals surface area contributed by atoms with E-state index >= 15 is 0 Å². The Kier molecular flexibility index (Phi) is 7.36. The largest absolute Gasteiger partial charge is 0.371 e. The molecule has 1 heterocycles. The van der Waals surface area contributed by atoms with Gasteiger partial charge >= 0.3 is 6.03 Å². The van der Waals surface area contributed by atoms with Crippen LogP contribution in [-0.2, 0) is 0 Å². The van der Waals surface area contributed by atoms with E-state index in [4.69, 9.17) is 0 Å². The molecule has 0 radical (unpaired) electrons. The minimum absolute atomic E-state index is 0.1000. The van der Waals surface area contributed by atoms with E-state index in [1.807, 2.05) is 4.90 Å². The maximum atomic E-state index is 13.5. The Morgan fingerprint density at radius 1 is 1.14 bits per heavy atom. The summed E-state index contributed by atoms with van der Waals surface area (Å²) >= 11 is 0. The molecule has 4 atom stereocenters. The normalized spacial score (nSPS) is 27.3. The van der Waals surface area contributed by atoms with E-state index in [1.165, 1.54) is 31.4 Å². The Bertz CT molecular complexity index is 697. The van der Waals surface area contributed by atoms with Crippen LogP contribution in [0.5, 0.6) is 0 Å². The van der Waals surface area contributed by atoms with E-state index in [2.05, 4.69) is 31.4 Å². The maximum Gasteiger partial charge on any atom is 0.314 e. The van der Waals surface area contributed by atoms with Crippen LogP contribution in [0.2, 0.25) is 0 Å². The lowest BCUT2D eigenvalue weighted by atomic mass is 9.70. The highest BCUT2D eigenvalue weighted by Crippen LogP contribution is 2.37. The summed E-state index contributed by atoms with van der Waals surface area (Å²) in [4.78, 5) is 14.4. The number of carbonyl (C=O) groups excluding carboxylic acids is 1. The van der Waals surface area contributed by atoms with Crippen molar-refractivity contribution in [3.63, 3.8) is 0 Å². The number of anilines is 1. The molecule has 6 heteroatoms. The SMILES string of the molecule is CC1CCC(C(C)C)C(CNC(=O)NCC2CCN(c3ccc(F)c(F)c3)C2)C1. The molecule has 2 N–H and O–H groups in total. The Labute approximate surface area is 173 Å². The second-order valence-corrected chi connectivity index (χ2v) is 9.38. The molecule has 162 valence electrons. The molecule has 2 fully saturated rings. The van der Waals surface area contributed by atoms with Crippen molar-refractivity contribution < 1.29 is 13.6 Å². The monoisotopic (exact) mass is 407 g/mol. The van der Waals surface area contributed by atoms with Gasteiger partial charge in [-0.2, -0.15) is 0 Å². The summed E-state index contributed by atoms with van der Waals surface area (Å²) in [6.45, 7) is 9.74. The highest BCUT2D eigenvalue weighted by Gasteiger charge is 2.31. The summed E-state index contributed by atoms with van der Waals surface area (Å²) in [5.41, 5.74) is 0.696. The van der Waals surface area contributed by atoms with E-state index in [0.29, 0.717) is 35.9 Å². The number of hydrogen-bond acceptors (Lipinski definition) is 2. The molecule has 1 aliphatic heterocycles. The van der Waals surface area contributed by atoms with Crippen molar-refractivity contribution in [2.24, 2.45) is 29.6 Å². The molecule has 0 spiro atoms. The number of rotatable bonds is 6. The lowest BCUT2D eigenvalue weighted by Gasteiger charge is -2.37. The van der Waals surface area contributed by atoms with Gasteiger partial charge in [-0.3, -0.25) is 0 Å². The molecule has 1 aromatic carbocycles. The second-order valence-electron chi connectivity index (χ2n) is 9.38. The highest BCUT2D eigenvalue weighted by molar-refractivity contribution is 5.73. The third-order valence-corrected chi connectivity index (χ3v) is 6.79. The van der Waals surface area contributed by atoms with E-state index in [0.717, 1.165) is 32.0 Å². The number of hydrogen-bond donors (Lipinski definition) is 2. The van der Waals surface area contributed by atoms with Gasteiger partial charge in [-0.05, 0) is 61.0 Å². The van der Waals surface area contributed by atoms with Crippen molar-refractivity contribution in [3.05, 3.63) is 29.8 Å². The fourth-order valence-corrected chi connectivity index (χ4v) is 5.07. The summed E-state index contributed by atoms with van der Waals surface area (Å²) in [5, 5.41) is 6.08. The zero-order valence-corrected chi connectivity index (χ0v) is 17.9. The Morgan fingerprint density at radius 3 is 2.62 bits per heavy atom. The van der Waals surface area contributed by atoms with E-state index < -0.39 is 11.6 Å². The first-order valence-electron chi connectivity index (χ1n) is 11.0. The molecule has 2 amide bonds. The summed E-state index contributed by atoms with van der Waals surface area (Å²) in [5.74, 6) is 1.30. The van der Waals surface area contributed by atoms with Gasteiger partial charge in [0.25, 0.3) is 0 Å². The fraction of sp³-hybridized carbons (Fsp3) is 0.696. The Balaban J connectivity index is 1.41. The zero-order chi connectivity index (χ0) is 21.0. The fourth-order valence-electron chi connectivity index (χ4n) is 5.07. The lowest BCUT2D eigenvalue weighted by molar-refractivity contribution is 0.142. The van der Waals surface area contributed by atoms with Gasteiger partial charge in [0.2, 0.25) is 0 Å². The van der Waals surface area contributed by atoms with Gasteiger partial charge in [0.1, 0.15) is 0 Å². The molecular formula is C23H35F2N3O. The number of benzene rings is 1. The van der Waals surface area contributed by atoms with Crippen molar-refractivity contribution in [2.75, 3.05) is 31.1 Å². The number of halogens is 2. The first kappa shape index (κ1) is 21.8. The van der Waals surface area contributed by atoms with Gasteiger partial charge in [-0.15, -0.1) is 0 Å². The predicted molar refractivity (Wildman–Crippen MR) is 113 cm³/mol. The van der Waals surface area contributed by atoms with Crippen molar-refractivity contribution in [1.82, 2.24) is 10.6 Å². The minimum Gasteiger partial charge on any atom is -0.371 e. The molecular weight excluding hydrogens is 372 g/mol. The molecule has 2 aliphatic rings. The minimum atomic E-state index is -0.824. The van der Waals surface area contributed by atoms with E-state index in [1.54, 1.807) is 6.07 Å². The average molecular weight is 408 g/mol. The lowest BCUT2D eigenvalue weighted by Crippen LogP contribution is -2.43. The summed E-state index contributed by atoms with van der Waals surface area (Å²) in [6.07, 6.45) is 4.67. The van der Waals surface area contributed by atoms with Crippen molar-refractivity contribution in [1.29, 1.82) is 0 Å². The van der Waals surface area contributed by atoms with Crippen LogP contribution in [0.4, 0.5) is 19.3 Å². The third-order valence-electron chi connectivity index (χ3n) is 6.79. The number of nitrogens with zero attached hydrogens (tertiary/aromatic N) is 1.